The van der Waals surface area contributed by atoms with Gasteiger partial charge in [0.25, 0.3) is 5.91 Å². The summed E-state index contributed by atoms with van der Waals surface area (Å²) in [7, 11) is 4.64. The average molecular weight is 449 g/mol. The molecular weight excluding hydrogens is 416 g/mol. The van der Waals surface area contributed by atoms with Gasteiger partial charge in [-0.05, 0) is 50.6 Å². The highest BCUT2D eigenvalue weighted by atomic mass is 35.5. The summed E-state index contributed by atoms with van der Waals surface area (Å²) in [5.74, 6) is 1.24. The van der Waals surface area contributed by atoms with Crippen molar-refractivity contribution >= 4 is 18.3 Å². The van der Waals surface area contributed by atoms with Crippen LogP contribution in [0.2, 0.25) is 0 Å². The Bertz CT molecular complexity index is 826. The molecule has 1 amide bonds. The lowest BCUT2D eigenvalue weighted by atomic mass is 10.0. The third-order valence-corrected chi connectivity index (χ3v) is 5.68. The predicted molar refractivity (Wildman–Crippen MR) is 125 cm³/mol. The molecule has 1 unspecified atom stereocenters. The normalized spacial score (nSPS) is 14.8. The van der Waals surface area contributed by atoms with Crippen LogP contribution in [0, 0.1) is 6.92 Å². The molecule has 31 heavy (non-hydrogen) atoms. The Labute approximate surface area is 191 Å². The first kappa shape index (κ1) is 24.8. The molecule has 1 fully saturated rings. The molecule has 2 aromatic rings. The molecule has 1 heterocycles. The Morgan fingerprint density at radius 2 is 1.55 bits per heavy atom. The quantitative estimate of drug-likeness (QED) is 0.648. The number of carbonyl (C=O) groups is 1. The van der Waals surface area contributed by atoms with E-state index >= 15 is 0 Å². The largest absolute Gasteiger partial charge is 0.493 e. The number of hydrogen-bond donors (Lipinski definition) is 1. The number of halogens is 1. The lowest BCUT2D eigenvalue weighted by molar-refractivity contribution is 0.0923. The molecule has 1 N–H and O–H groups in total. The van der Waals surface area contributed by atoms with Gasteiger partial charge in [0.1, 0.15) is 0 Å². The van der Waals surface area contributed by atoms with Crippen LogP contribution in [-0.4, -0.2) is 51.8 Å². The fourth-order valence-corrected chi connectivity index (χ4v) is 3.98. The third kappa shape index (κ3) is 6.05. The maximum absolute atomic E-state index is 13.0. The van der Waals surface area contributed by atoms with Crippen LogP contribution in [0.25, 0.3) is 0 Å². The number of rotatable bonds is 8. The van der Waals surface area contributed by atoms with Gasteiger partial charge in [-0.1, -0.05) is 36.2 Å². The molecule has 3 rings (SSSR count). The van der Waals surface area contributed by atoms with Crippen molar-refractivity contribution in [2.45, 2.75) is 32.2 Å². The molecule has 1 aliphatic heterocycles. The molecule has 1 atom stereocenters. The molecule has 0 spiro atoms. The zero-order chi connectivity index (χ0) is 21.5. The van der Waals surface area contributed by atoms with E-state index in [2.05, 4.69) is 41.4 Å². The van der Waals surface area contributed by atoms with Gasteiger partial charge in [-0.3, -0.25) is 9.69 Å². The molecule has 0 aromatic heterocycles. The zero-order valence-electron chi connectivity index (χ0n) is 18.8. The number of amides is 1. The molecule has 7 heteroatoms. The van der Waals surface area contributed by atoms with Crippen LogP contribution < -0.4 is 19.5 Å². The minimum absolute atomic E-state index is 0. The van der Waals surface area contributed by atoms with E-state index in [4.69, 9.17) is 14.2 Å². The molecule has 1 aliphatic rings. The number of methoxy groups -OCH3 is 3. The van der Waals surface area contributed by atoms with Crippen molar-refractivity contribution < 1.29 is 19.0 Å². The van der Waals surface area contributed by atoms with E-state index in [0.717, 1.165) is 13.1 Å². The van der Waals surface area contributed by atoms with Crippen LogP contribution in [-0.2, 0) is 0 Å². The van der Waals surface area contributed by atoms with Gasteiger partial charge < -0.3 is 19.5 Å². The lowest BCUT2D eigenvalue weighted by Crippen LogP contribution is -2.40. The Hall–Kier alpha value is -2.44. The van der Waals surface area contributed by atoms with Gasteiger partial charge in [-0.25, -0.2) is 0 Å². The number of benzene rings is 2. The number of piperidine rings is 1. The molecule has 1 saturated heterocycles. The highest BCUT2D eigenvalue weighted by Gasteiger charge is 2.24. The van der Waals surface area contributed by atoms with E-state index in [1.54, 1.807) is 33.5 Å². The van der Waals surface area contributed by atoms with E-state index in [0.29, 0.717) is 29.4 Å². The van der Waals surface area contributed by atoms with Gasteiger partial charge in [-0.2, -0.15) is 0 Å². The smallest absolute Gasteiger partial charge is 0.251 e. The van der Waals surface area contributed by atoms with Gasteiger partial charge in [0.2, 0.25) is 5.75 Å². The molecule has 0 saturated carbocycles. The van der Waals surface area contributed by atoms with Crippen LogP contribution in [0.4, 0.5) is 0 Å². The Kier molecular flexibility index (Phi) is 9.46. The standard InChI is InChI=1S/C24H32N2O4.ClH/c1-17-8-10-18(11-9-17)20(26-12-6-5-7-13-26)16-25-24(27)19-14-21(28-2)23(30-4)22(15-19)29-3;/h8-11,14-15,20H,5-7,12-13,16H2,1-4H3,(H,25,27);1H. The number of hydrogen-bond acceptors (Lipinski definition) is 5. The fraction of sp³-hybridized carbons (Fsp3) is 0.458. The first-order chi connectivity index (χ1) is 14.6. The maximum atomic E-state index is 13.0. The summed E-state index contributed by atoms with van der Waals surface area (Å²) < 4.78 is 16.1. The van der Waals surface area contributed by atoms with Crippen molar-refractivity contribution in [1.29, 1.82) is 0 Å². The van der Waals surface area contributed by atoms with Crippen molar-refractivity contribution in [2.24, 2.45) is 0 Å². The summed E-state index contributed by atoms with van der Waals surface area (Å²) in [6, 6.07) is 12.1. The lowest BCUT2D eigenvalue weighted by Gasteiger charge is -2.35. The number of ether oxygens (including phenoxy) is 3. The molecule has 0 radical (unpaired) electrons. The van der Waals surface area contributed by atoms with Gasteiger partial charge >= 0.3 is 0 Å². The Balaban J connectivity index is 0.00000341. The average Bonchev–Trinajstić information content (AvgIpc) is 2.79. The van der Waals surface area contributed by atoms with Crippen molar-refractivity contribution in [3.63, 3.8) is 0 Å². The van der Waals surface area contributed by atoms with Gasteiger partial charge in [0.05, 0.1) is 27.4 Å². The van der Waals surface area contributed by atoms with Crippen LogP contribution in [0.5, 0.6) is 17.2 Å². The second-order valence-corrected chi connectivity index (χ2v) is 7.65. The van der Waals surface area contributed by atoms with Gasteiger partial charge in [-0.15, -0.1) is 12.4 Å². The molecular formula is C24H33ClN2O4. The van der Waals surface area contributed by atoms with Crippen LogP contribution in [0.1, 0.15) is 46.8 Å². The van der Waals surface area contributed by atoms with Crippen molar-refractivity contribution in [2.75, 3.05) is 41.0 Å². The topological polar surface area (TPSA) is 60.0 Å². The molecule has 6 nitrogen and oxygen atoms in total. The Morgan fingerprint density at radius 1 is 0.968 bits per heavy atom. The Morgan fingerprint density at radius 3 is 2.06 bits per heavy atom. The molecule has 0 bridgehead atoms. The third-order valence-electron chi connectivity index (χ3n) is 5.68. The number of carbonyl (C=O) groups excluding carboxylic acids is 1. The van der Waals surface area contributed by atoms with Crippen LogP contribution >= 0.6 is 12.4 Å². The second kappa shape index (κ2) is 11.8. The van der Waals surface area contributed by atoms with E-state index in [-0.39, 0.29) is 24.4 Å². The number of nitrogens with zero attached hydrogens (tertiary/aromatic N) is 1. The van der Waals surface area contributed by atoms with Crippen molar-refractivity contribution in [3.8, 4) is 17.2 Å². The first-order valence-corrected chi connectivity index (χ1v) is 10.5. The van der Waals surface area contributed by atoms with Crippen molar-refractivity contribution in [3.05, 3.63) is 53.1 Å². The van der Waals surface area contributed by atoms with E-state index in [9.17, 15) is 4.79 Å². The minimum atomic E-state index is -0.164. The number of nitrogens with one attached hydrogen (secondary N) is 1. The number of likely N-dealkylation sites (tertiary alicyclic amines) is 1. The highest BCUT2D eigenvalue weighted by Crippen LogP contribution is 2.38. The summed E-state index contributed by atoms with van der Waals surface area (Å²) in [6.07, 6.45) is 3.67. The fourth-order valence-electron chi connectivity index (χ4n) is 3.98. The first-order valence-electron chi connectivity index (χ1n) is 10.5. The zero-order valence-corrected chi connectivity index (χ0v) is 19.6. The van der Waals surface area contributed by atoms with Gasteiger partial charge in [0, 0.05) is 12.1 Å². The molecule has 170 valence electrons. The maximum Gasteiger partial charge on any atom is 0.251 e. The summed E-state index contributed by atoms with van der Waals surface area (Å²) in [5.41, 5.74) is 2.94. The van der Waals surface area contributed by atoms with E-state index in [1.807, 2.05) is 0 Å². The molecule has 0 aliphatic carbocycles. The number of aryl methyl sites for hydroxylation is 1. The highest BCUT2D eigenvalue weighted by molar-refractivity contribution is 5.95. The van der Waals surface area contributed by atoms with E-state index < -0.39 is 0 Å². The van der Waals surface area contributed by atoms with Crippen molar-refractivity contribution in [1.82, 2.24) is 10.2 Å². The summed E-state index contributed by atoms with van der Waals surface area (Å²) in [5, 5.41) is 3.12. The summed E-state index contributed by atoms with van der Waals surface area (Å²) in [6.45, 7) is 4.74. The van der Waals surface area contributed by atoms with Gasteiger partial charge in [0.15, 0.2) is 11.5 Å². The second-order valence-electron chi connectivity index (χ2n) is 7.65. The monoisotopic (exact) mass is 448 g/mol. The van der Waals surface area contributed by atoms with E-state index in [1.165, 1.54) is 30.4 Å². The van der Waals surface area contributed by atoms with Crippen LogP contribution in [0.15, 0.2) is 36.4 Å². The SMILES string of the molecule is COc1cc(C(=O)NCC(c2ccc(C)cc2)N2CCCCC2)cc(OC)c1OC.Cl. The minimum Gasteiger partial charge on any atom is -0.493 e. The summed E-state index contributed by atoms with van der Waals surface area (Å²) >= 11 is 0. The predicted octanol–water partition coefficient (Wildman–Crippen LogP) is 4.40. The van der Waals surface area contributed by atoms with Crippen LogP contribution in [0.3, 0.4) is 0 Å². The summed E-state index contributed by atoms with van der Waals surface area (Å²) in [4.78, 5) is 15.4. The molecule has 2 aromatic carbocycles.